The Balaban J connectivity index is 1.96. The number of carbonyl (C=O) groups is 1. The van der Waals surface area contributed by atoms with Gasteiger partial charge >= 0.3 is 5.97 Å². The van der Waals surface area contributed by atoms with Crippen molar-refractivity contribution in [3.8, 4) is 0 Å². The van der Waals surface area contributed by atoms with Gasteiger partial charge in [-0.25, -0.2) is 4.79 Å². The van der Waals surface area contributed by atoms with Gasteiger partial charge in [-0.1, -0.05) is 18.0 Å². The van der Waals surface area contributed by atoms with E-state index in [1.54, 1.807) is 0 Å². The molecule has 102 valence electrons. The van der Waals surface area contributed by atoms with Crippen LogP contribution >= 0.6 is 11.6 Å². The molecule has 1 N–H and O–H groups in total. The maximum atomic E-state index is 12.1. The summed E-state index contributed by atoms with van der Waals surface area (Å²) in [5.74, 6) is 0.648. The number of benzene rings is 1. The lowest BCUT2D eigenvalue weighted by molar-refractivity contribution is -0.145. The summed E-state index contributed by atoms with van der Waals surface area (Å²) in [6.07, 6.45) is 3.38. The first-order chi connectivity index (χ1) is 9.20. The molecule has 3 nitrogen and oxygen atoms in total. The van der Waals surface area contributed by atoms with Crippen LogP contribution in [0.2, 0.25) is 5.02 Å². The number of fused-ring (bicyclic) bond motifs is 3. The maximum absolute atomic E-state index is 12.1. The van der Waals surface area contributed by atoms with Crippen molar-refractivity contribution >= 4 is 23.3 Å². The molecule has 1 aromatic rings. The third-order valence-corrected chi connectivity index (χ3v) is 4.50. The van der Waals surface area contributed by atoms with Crippen molar-refractivity contribution in [2.24, 2.45) is 5.92 Å². The number of nitrogens with one attached hydrogen (secondary N) is 1. The fourth-order valence-corrected chi connectivity index (χ4v) is 3.67. The Labute approximate surface area is 118 Å². The Morgan fingerprint density at radius 2 is 2.32 bits per heavy atom. The first kappa shape index (κ1) is 12.8. The van der Waals surface area contributed by atoms with Crippen LogP contribution in [0.25, 0.3) is 0 Å². The molecule has 1 saturated carbocycles. The maximum Gasteiger partial charge on any atom is 0.328 e. The van der Waals surface area contributed by atoms with Crippen LogP contribution in [-0.4, -0.2) is 18.6 Å². The fraction of sp³-hybridized carbons (Fsp3) is 0.533. The van der Waals surface area contributed by atoms with Gasteiger partial charge in [0.1, 0.15) is 6.04 Å². The molecule has 4 heteroatoms. The van der Waals surface area contributed by atoms with Gasteiger partial charge in [0.25, 0.3) is 0 Å². The molecule has 0 radical (unpaired) electrons. The highest BCUT2D eigenvalue weighted by Gasteiger charge is 2.43. The zero-order chi connectivity index (χ0) is 13.4. The van der Waals surface area contributed by atoms with Crippen molar-refractivity contribution in [3.63, 3.8) is 0 Å². The molecular weight excluding hydrogens is 262 g/mol. The summed E-state index contributed by atoms with van der Waals surface area (Å²) < 4.78 is 5.20. The van der Waals surface area contributed by atoms with Gasteiger partial charge in [-0.05, 0) is 55.4 Å². The summed E-state index contributed by atoms with van der Waals surface area (Å²) in [6.45, 7) is 2.28. The van der Waals surface area contributed by atoms with Crippen molar-refractivity contribution in [1.82, 2.24) is 0 Å². The third-order valence-electron chi connectivity index (χ3n) is 4.26. The van der Waals surface area contributed by atoms with Crippen LogP contribution in [0, 0.1) is 5.92 Å². The molecule has 0 unspecified atom stereocenters. The van der Waals surface area contributed by atoms with E-state index >= 15 is 0 Å². The van der Waals surface area contributed by atoms with E-state index in [1.807, 2.05) is 25.1 Å². The topological polar surface area (TPSA) is 38.3 Å². The molecule has 1 aliphatic carbocycles. The smallest absolute Gasteiger partial charge is 0.328 e. The molecule has 3 rings (SSSR count). The van der Waals surface area contributed by atoms with Gasteiger partial charge in [0.15, 0.2) is 0 Å². The first-order valence-corrected chi connectivity index (χ1v) is 7.31. The van der Waals surface area contributed by atoms with Gasteiger partial charge in [0, 0.05) is 10.7 Å². The van der Waals surface area contributed by atoms with E-state index in [2.05, 4.69) is 5.32 Å². The number of ether oxygens (including phenoxy) is 1. The highest BCUT2D eigenvalue weighted by Crippen LogP contribution is 2.48. The summed E-state index contributed by atoms with van der Waals surface area (Å²) in [4.78, 5) is 12.1. The zero-order valence-corrected chi connectivity index (χ0v) is 11.7. The molecule has 1 heterocycles. The number of anilines is 1. The Kier molecular flexibility index (Phi) is 3.40. The summed E-state index contributed by atoms with van der Waals surface area (Å²) in [5, 5.41) is 4.11. The predicted octanol–water partition coefficient (Wildman–Crippen LogP) is 3.58. The Bertz CT molecular complexity index is 503. The van der Waals surface area contributed by atoms with Crippen molar-refractivity contribution in [2.75, 3.05) is 11.9 Å². The predicted molar refractivity (Wildman–Crippen MR) is 75.6 cm³/mol. The van der Waals surface area contributed by atoms with E-state index in [4.69, 9.17) is 16.3 Å². The molecule has 3 atom stereocenters. The number of hydrogen-bond acceptors (Lipinski definition) is 3. The van der Waals surface area contributed by atoms with Crippen LogP contribution in [0.1, 0.15) is 37.7 Å². The average molecular weight is 280 g/mol. The standard InChI is InChI=1S/C15H18ClNO2/c1-2-19-15(18)14-11-5-3-4-10(11)12-8-9(16)6-7-13(12)17-14/h6-8,10-11,14,17H,2-5H2,1H3/t10-,11+,14+/m0/s1. The molecule has 0 aromatic heterocycles. The van der Waals surface area contributed by atoms with Crippen LogP contribution in [0.4, 0.5) is 5.69 Å². The van der Waals surface area contributed by atoms with E-state index in [0.717, 1.165) is 23.6 Å². The number of esters is 1. The zero-order valence-electron chi connectivity index (χ0n) is 11.0. The lowest BCUT2D eigenvalue weighted by Gasteiger charge is -2.35. The van der Waals surface area contributed by atoms with Crippen molar-refractivity contribution in [2.45, 2.75) is 38.1 Å². The largest absolute Gasteiger partial charge is 0.464 e. The van der Waals surface area contributed by atoms with Crippen LogP contribution in [0.5, 0.6) is 0 Å². The minimum atomic E-state index is -0.207. The Morgan fingerprint density at radius 3 is 3.11 bits per heavy atom. The Hall–Kier alpha value is -1.22. The van der Waals surface area contributed by atoms with E-state index < -0.39 is 0 Å². The molecule has 0 saturated heterocycles. The second-order valence-corrected chi connectivity index (χ2v) is 5.74. The summed E-state index contributed by atoms with van der Waals surface area (Å²) in [7, 11) is 0. The van der Waals surface area contributed by atoms with Crippen LogP contribution < -0.4 is 5.32 Å². The molecule has 1 fully saturated rings. The quantitative estimate of drug-likeness (QED) is 0.841. The van der Waals surface area contributed by atoms with Crippen LogP contribution in [-0.2, 0) is 9.53 Å². The molecule has 19 heavy (non-hydrogen) atoms. The van der Waals surface area contributed by atoms with Gasteiger partial charge < -0.3 is 10.1 Å². The van der Waals surface area contributed by atoms with Crippen molar-refractivity contribution in [3.05, 3.63) is 28.8 Å². The molecule has 1 aromatic carbocycles. The van der Waals surface area contributed by atoms with Crippen LogP contribution in [0.15, 0.2) is 18.2 Å². The minimum Gasteiger partial charge on any atom is -0.464 e. The second kappa shape index (κ2) is 5.04. The molecule has 1 aliphatic heterocycles. The van der Waals surface area contributed by atoms with E-state index in [0.29, 0.717) is 18.4 Å². The molecule has 2 aliphatic rings. The normalized spacial score (nSPS) is 28.2. The number of rotatable bonds is 2. The van der Waals surface area contributed by atoms with Crippen LogP contribution in [0.3, 0.4) is 0 Å². The lowest BCUT2D eigenvalue weighted by atomic mass is 9.79. The highest BCUT2D eigenvalue weighted by molar-refractivity contribution is 6.30. The third kappa shape index (κ3) is 2.20. The number of hydrogen-bond donors (Lipinski definition) is 1. The van der Waals surface area contributed by atoms with Crippen molar-refractivity contribution < 1.29 is 9.53 Å². The Morgan fingerprint density at radius 1 is 1.47 bits per heavy atom. The monoisotopic (exact) mass is 279 g/mol. The lowest BCUT2D eigenvalue weighted by Crippen LogP contribution is -2.42. The number of carbonyl (C=O) groups excluding carboxylic acids is 1. The first-order valence-electron chi connectivity index (χ1n) is 6.93. The van der Waals surface area contributed by atoms with Gasteiger partial charge in [-0.15, -0.1) is 0 Å². The fourth-order valence-electron chi connectivity index (χ4n) is 3.49. The molecule has 0 spiro atoms. The van der Waals surface area contributed by atoms with E-state index in [9.17, 15) is 4.79 Å². The van der Waals surface area contributed by atoms with E-state index in [1.165, 1.54) is 12.0 Å². The van der Waals surface area contributed by atoms with E-state index in [-0.39, 0.29) is 12.0 Å². The second-order valence-electron chi connectivity index (χ2n) is 5.31. The number of halogens is 1. The van der Waals surface area contributed by atoms with Crippen molar-refractivity contribution in [1.29, 1.82) is 0 Å². The minimum absolute atomic E-state index is 0.125. The SMILES string of the molecule is CCOC(=O)[C@@H]1Nc2ccc(Cl)cc2[C@H]2CCC[C@H]21. The summed E-state index contributed by atoms with van der Waals surface area (Å²) in [6, 6.07) is 5.67. The molecular formula is C15H18ClNO2. The van der Waals surface area contributed by atoms with Gasteiger partial charge in [-0.2, -0.15) is 0 Å². The van der Waals surface area contributed by atoms with Gasteiger partial charge in [-0.3, -0.25) is 0 Å². The molecule has 0 bridgehead atoms. The summed E-state index contributed by atoms with van der Waals surface area (Å²) >= 11 is 6.10. The average Bonchev–Trinajstić information content (AvgIpc) is 2.87. The molecule has 0 amide bonds. The van der Waals surface area contributed by atoms with Gasteiger partial charge in [0.2, 0.25) is 0 Å². The van der Waals surface area contributed by atoms with Gasteiger partial charge in [0.05, 0.1) is 6.61 Å². The summed E-state index contributed by atoms with van der Waals surface area (Å²) in [5.41, 5.74) is 2.29. The highest BCUT2D eigenvalue weighted by atomic mass is 35.5.